The van der Waals surface area contributed by atoms with Gasteiger partial charge in [0.25, 0.3) is 0 Å². The van der Waals surface area contributed by atoms with E-state index in [-0.39, 0.29) is 0 Å². The van der Waals surface area contributed by atoms with Crippen molar-refractivity contribution in [1.29, 1.82) is 0 Å². The normalized spacial score (nSPS) is 11.0. The van der Waals surface area contributed by atoms with Gasteiger partial charge in [-0.05, 0) is 52.8 Å². The van der Waals surface area contributed by atoms with Crippen molar-refractivity contribution >= 4 is 11.3 Å². The fourth-order valence-electron chi connectivity index (χ4n) is 2.31. The minimum absolute atomic E-state index is 0.733. The maximum Gasteiger partial charge on any atom is 0.135 e. The van der Waals surface area contributed by atoms with E-state index in [0.717, 1.165) is 53.7 Å². The minimum atomic E-state index is 0.733. The zero-order valence-electron chi connectivity index (χ0n) is 12.7. The van der Waals surface area contributed by atoms with Gasteiger partial charge >= 0.3 is 0 Å². The van der Waals surface area contributed by atoms with Crippen LogP contribution in [0.25, 0.3) is 0 Å². The Labute approximate surface area is 124 Å². The summed E-state index contributed by atoms with van der Waals surface area (Å²) in [4.78, 5) is 13.8. The molecule has 2 rings (SSSR count). The minimum Gasteiger partial charge on any atom is -0.320 e. The molecule has 2 aromatic rings. The molecular formula is C15H22N4S. The summed E-state index contributed by atoms with van der Waals surface area (Å²) >= 11 is 1.68. The first-order valence-corrected chi connectivity index (χ1v) is 7.86. The Morgan fingerprint density at radius 3 is 2.35 bits per heavy atom. The zero-order valence-corrected chi connectivity index (χ0v) is 13.5. The zero-order chi connectivity index (χ0) is 14.5. The summed E-state index contributed by atoms with van der Waals surface area (Å²) in [6.07, 6.45) is 2.89. The van der Waals surface area contributed by atoms with E-state index >= 15 is 0 Å². The largest absolute Gasteiger partial charge is 0.320 e. The molecule has 0 spiro atoms. The highest BCUT2D eigenvalue weighted by Gasteiger charge is 2.10. The van der Waals surface area contributed by atoms with E-state index in [9.17, 15) is 0 Å². The van der Waals surface area contributed by atoms with E-state index in [1.165, 1.54) is 5.56 Å². The lowest BCUT2D eigenvalue weighted by Crippen LogP contribution is -2.11. The predicted molar refractivity (Wildman–Crippen MR) is 83.4 cm³/mol. The van der Waals surface area contributed by atoms with Crippen LogP contribution in [0.4, 0.5) is 0 Å². The van der Waals surface area contributed by atoms with Gasteiger partial charge in [-0.25, -0.2) is 15.0 Å². The van der Waals surface area contributed by atoms with E-state index < -0.39 is 0 Å². The molecule has 0 aromatic carbocycles. The Kier molecular flexibility index (Phi) is 5.20. The van der Waals surface area contributed by atoms with Crippen molar-refractivity contribution < 1.29 is 0 Å². The predicted octanol–water partition coefficient (Wildman–Crippen LogP) is 2.60. The highest BCUT2D eigenvalue weighted by molar-refractivity contribution is 7.09. The Morgan fingerprint density at radius 1 is 1.10 bits per heavy atom. The molecule has 0 bridgehead atoms. The number of nitrogens with one attached hydrogen (secondary N) is 1. The third kappa shape index (κ3) is 3.84. The first-order chi connectivity index (χ1) is 9.60. The topological polar surface area (TPSA) is 50.7 Å². The average molecular weight is 290 g/mol. The first kappa shape index (κ1) is 15.1. The van der Waals surface area contributed by atoms with Gasteiger partial charge < -0.3 is 5.32 Å². The molecule has 0 saturated carbocycles. The molecule has 0 aliphatic heterocycles. The van der Waals surface area contributed by atoms with Crippen LogP contribution in [-0.2, 0) is 12.8 Å². The lowest BCUT2D eigenvalue weighted by molar-refractivity contribution is 0.712. The standard InChI is InChI=1S/C15H22N4S/c1-10-9-20-15(17-10)8-14-18-11(2)13(12(3)19-14)6-5-7-16-4/h9,16H,5-8H2,1-4H3. The number of thiazole rings is 1. The quantitative estimate of drug-likeness (QED) is 0.831. The van der Waals surface area contributed by atoms with Gasteiger partial charge in [0.1, 0.15) is 10.8 Å². The van der Waals surface area contributed by atoms with Crippen LogP contribution < -0.4 is 5.32 Å². The Balaban J connectivity index is 2.12. The third-order valence-electron chi connectivity index (χ3n) is 3.30. The Hall–Kier alpha value is -1.33. The molecule has 2 heterocycles. The molecule has 0 atom stereocenters. The molecular weight excluding hydrogens is 268 g/mol. The molecule has 0 fully saturated rings. The summed E-state index contributed by atoms with van der Waals surface area (Å²) < 4.78 is 0. The van der Waals surface area contributed by atoms with E-state index in [0.29, 0.717) is 0 Å². The summed E-state index contributed by atoms with van der Waals surface area (Å²) in [6.45, 7) is 7.21. The van der Waals surface area contributed by atoms with Gasteiger partial charge in [0.15, 0.2) is 0 Å². The molecule has 0 aliphatic carbocycles. The van der Waals surface area contributed by atoms with Gasteiger partial charge in [-0.3, -0.25) is 0 Å². The SMILES string of the molecule is CNCCCc1c(C)nc(Cc2nc(C)cs2)nc1C. The monoisotopic (exact) mass is 290 g/mol. The fourth-order valence-corrected chi connectivity index (χ4v) is 3.08. The number of aromatic nitrogens is 3. The first-order valence-electron chi connectivity index (χ1n) is 6.98. The van der Waals surface area contributed by atoms with E-state index in [4.69, 9.17) is 0 Å². The van der Waals surface area contributed by atoms with Gasteiger partial charge in [-0.2, -0.15) is 0 Å². The Morgan fingerprint density at radius 2 is 1.80 bits per heavy atom. The van der Waals surface area contributed by atoms with Crippen LogP contribution in [0.2, 0.25) is 0 Å². The molecule has 0 unspecified atom stereocenters. The molecule has 1 N–H and O–H groups in total. The highest BCUT2D eigenvalue weighted by atomic mass is 32.1. The van der Waals surface area contributed by atoms with Crippen molar-refractivity contribution in [2.24, 2.45) is 0 Å². The smallest absolute Gasteiger partial charge is 0.135 e. The van der Waals surface area contributed by atoms with Crippen LogP contribution in [0.3, 0.4) is 0 Å². The number of rotatable bonds is 6. The van der Waals surface area contributed by atoms with Crippen molar-refractivity contribution in [3.05, 3.63) is 38.9 Å². The van der Waals surface area contributed by atoms with Gasteiger partial charge in [0, 0.05) is 22.5 Å². The molecule has 5 heteroatoms. The molecule has 20 heavy (non-hydrogen) atoms. The van der Waals surface area contributed by atoms with E-state index in [2.05, 4.69) is 39.5 Å². The van der Waals surface area contributed by atoms with Crippen molar-refractivity contribution in [3.8, 4) is 0 Å². The lowest BCUT2D eigenvalue weighted by Gasteiger charge is -2.10. The van der Waals surface area contributed by atoms with Crippen molar-refractivity contribution in [1.82, 2.24) is 20.3 Å². The molecule has 0 saturated heterocycles. The molecule has 108 valence electrons. The van der Waals surface area contributed by atoms with Crippen LogP contribution in [-0.4, -0.2) is 28.5 Å². The summed E-state index contributed by atoms with van der Waals surface area (Å²) in [5.74, 6) is 0.881. The van der Waals surface area contributed by atoms with Gasteiger partial charge in [-0.1, -0.05) is 0 Å². The summed E-state index contributed by atoms with van der Waals surface area (Å²) in [6, 6.07) is 0. The van der Waals surface area contributed by atoms with Crippen LogP contribution in [0.5, 0.6) is 0 Å². The van der Waals surface area contributed by atoms with Crippen LogP contribution in [0, 0.1) is 20.8 Å². The molecule has 4 nitrogen and oxygen atoms in total. The maximum atomic E-state index is 4.65. The lowest BCUT2D eigenvalue weighted by atomic mass is 10.1. The number of hydrogen-bond acceptors (Lipinski definition) is 5. The summed E-state index contributed by atoms with van der Waals surface area (Å²) in [5.41, 5.74) is 4.58. The van der Waals surface area contributed by atoms with Gasteiger partial charge in [-0.15, -0.1) is 11.3 Å². The van der Waals surface area contributed by atoms with Crippen LogP contribution in [0.1, 0.15) is 39.9 Å². The van der Waals surface area contributed by atoms with Crippen molar-refractivity contribution in [3.63, 3.8) is 0 Å². The third-order valence-corrected chi connectivity index (χ3v) is 4.26. The molecule has 0 aliphatic rings. The number of hydrogen-bond donors (Lipinski definition) is 1. The fraction of sp³-hybridized carbons (Fsp3) is 0.533. The second-order valence-electron chi connectivity index (χ2n) is 5.06. The second kappa shape index (κ2) is 6.90. The summed E-state index contributed by atoms with van der Waals surface area (Å²) in [5, 5.41) is 6.33. The maximum absolute atomic E-state index is 4.65. The average Bonchev–Trinajstić information content (AvgIpc) is 2.78. The van der Waals surface area contributed by atoms with Gasteiger partial charge in [0.05, 0.1) is 6.42 Å². The highest BCUT2D eigenvalue weighted by Crippen LogP contribution is 2.16. The number of nitrogens with zero attached hydrogens (tertiary/aromatic N) is 3. The number of aryl methyl sites for hydroxylation is 3. The summed E-state index contributed by atoms with van der Waals surface area (Å²) in [7, 11) is 1.98. The molecule has 0 radical (unpaired) electrons. The van der Waals surface area contributed by atoms with Crippen LogP contribution >= 0.6 is 11.3 Å². The van der Waals surface area contributed by atoms with E-state index in [1.54, 1.807) is 11.3 Å². The molecule has 2 aromatic heterocycles. The molecule has 0 amide bonds. The van der Waals surface area contributed by atoms with E-state index in [1.807, 2.05) is 14.0 Å². The second-order valence-corrected chi connectivity index (χ2v) is 6.00. The Bertz CT molecular complexity index is 554. The van der Waals surface area contributed by atoms with Crippen molar-refractivity contribution in [2.75, 3.05) is 13.6 Å². The van der Waals surface area contributed by atoms with Gasteiger partial charge in [0.2, 0.25) is 0 Å². The van der Waals surface area contributed by atoms with Crippen molar-refractivity contribution in [2.45, 2.75) is 40.0 Å². The van der Waals surface area contributed by atoms with Crippen LogP contribution in [0.15, 0.2) is 5.38 Å².